The monoisotopic (exact) mass is 190 g/mol. The van der Waals surface area contributed by atoms with Gasteiger partial charge in [-0.3, -0.25) is 0 Å². The van der Waals surface area contributed by atoms with Crippen molar-refractivity contribution < 1.29 is 4.74 Å². The number of hydrogen-bond donors (Lipinski definition) is 1. The summed E-state index contributed by atoms with van der Waals surface area (Å²) in [5.41, 5.74) is 7.19. The fourth-order valence-corrected chi connectivity index (χ4v) is 1.19. The van der Waals surface area contributed by atoms with Gasteiger partial charge in [-0.15, -0.1) is 5.10 Å². The predicted octanol–water partition coefficient (Wildman–Crippen LogP) is 0.858. The van der Waals surface area contributed by atoms with Crippen LogP contribution in [-0.2, 0) is 0 Å². The quantitative estimate of drug-likeness (QED) is 0.713. The molecule has 1 aromatic heterocycles. The number of benzene rings is 1. The van der Waals surface area contributed by atoms with Gasteiger partial charge in [0.05, 0.1) is 30.9 Å². The summed E-state index contributed by atoms with van der Waals surface area (Å²) in [6.45, 7) is 0. The number of rotatable bonds is 2. The molecular weight excluding hydrogens is 180 g/mol. The molecule has 0 atom stereocenters. The van der Waals surface area contributed by atoms with Crippen molar-refractivity contribution in [3.05, 3.63) is 30.6 Å². The van der Waals surface area contributed by atoms with Crippen LogP contribution < -0.4 is 10.5 Å². The SMILES string of the molecule is COc1ccc(N)c(-n2ccnn2)c1. The van der Waals surface area contributed by atoms with Gasteiger partial charge < -0.3 is 10.5 Å². The minimum atomic E-state index is 0.635. The number of aromatic nitrogens is 3. The van der Waals surface area contributed by atoms with Crippen LogP contribution in [0.5, 0.6) is 5.75 Å². The average Bonchev–Trinajstić information content (AvgIpc) is 2.71. The Labute approximate surface area is 81.1 Å². The second-order valence-corrected chi connectivity index (χ2v) is 2.77. The number of methoxy groups -OCH3 is 1. The number of nitrogens with two attached hydrogens (primary N) is 1. The largest absolute Gasteiger partial charge is 0.497 e. The maximum absolute atomic E-state index is 5.79. The molecule has 2 aromatic rings. The van der Waals surface area contributed by atoms with Gasteiger partial charge in [0, 0.05) is 6.07 Å². The van der Waals surface area contributed by atoms with E-state index in [1.54, 1.807) is 36.3 Å². The summed E-state index contributed by atoms with van der Waals surface area (Å²) in [6.07, 6.45) is 3.32. The highest BCUT2D eigenvalue weighted by atomic mass is 16.5. The molecule has 2 N–H and O–H groups in total. The van der Waals surface area contributed by atoms with Crippen molar-refractivity contribution in [3.8, 4) is 11.4 Å². The van der Waals surface area contributed by atoms with Gasteiger partial charge in [0.15, 0.2) is 0 Å². The summed E-state index contributed by atoms with van der Waals surface area (Å²) in [5.74, 6) is 0.740. The maximum Gasteiger partial charge on any atom is 0.121 e. The van der Waals surface area contributed by atoms with Crippen molar-refractivity contribution in [2.45, 2.75) is 0 Å². The van der Waals surface area contributed by atoms with E-state index in [0.717, 1.165) is 11.4 Å². The molecule has 0 aliphatic carbocycles. The smallest absolute Gasteiger partial charge is 0.121 e. The standard InChI is InChI=1S/C9H10N4O/c1-14-7-2-3-8(10)9(6-7)13-5-4-11-12-13/h2-6H,10H2,1H3. The van der Waals surface area contributed by atoms with Crippen molar-refractivity contribution in [3.63, 3.8) is 0 Å². The molecule has 1 heterocycles. The van der Waals surface area contributed by atoms with E-state index in [0.29, 0.717) is 5.69 Å². The molecule has 2 rings (SSSR count). The van der Waals surface area contributed by atoms with Crippen LogP contribution in [0.25, 0.3) is 5.69 Å². The highest BCUT2D eigenvalue weighted by Crippen LogP contribution is 2.21. The molecule has 5 nitrogen and oxygen atoms in total. The predicted molar refractivity (Wildman–Crippen MR) is 52.3 cm³/mol. The minimum Gasteiger partial charge on any atom is -0.497 e. The Kier molecular flexibility index (Phi) is 2.06. The molecule has 0 spiro atoms. The Morgan fingerprint density at radius 1 is 1.43 bits per heavy atom. The minimum absolute atomic E-state index is 0.635. The van der Waals surface area contributed by atoms with Crippen LogP contribution in [0.2, 0.25) is 0 Å². The zero-order chi connectivity index (χ0) is 9.97. The van der Waals surface area contributed by atoms with Gasteiger partial charge in [0.25, 0.3) is 0 Å². The van der Waals surface area contributed by atoms with Gasteiger partial charge in [-0.1, -0.05) is 5.21 Å². The zero-order valence-electron chi connectivity index (χ0n) is 7.71. The Balaban J connectivity index is 2.51. The lowest BCUT2D eigenvalue weighted by Gasteiger charge is -2.06. The number of ether oxygens (including phenoxy) is 1. The molecule has 0 saturated carbocycles. The van der Waals surface area contributed by atoms with Crippen molar-refractivity contribution in [2.75, 3.05) is 12.8 Å². The third-order valence-corrected chi connectivity index (χ3v) is 1.91. The van der Waals surface area contributed by atoms with E-state index < -0.39 is 0 Å². The molecule has 0 aliphatic heterocycles. The summed E-state index contributed by atoms with van der Waals surface area (Å²) in [7, 11) is 1.61. The lowest BCUT2D eigenvalue weighted by Crippen LogP contribution is -2.01. The molecule has 0 fully saturated rings. The summed E-state index contributed by atoms with van der Waals surface area (Å²) in [5, 5.41) is 7.57. The van der Waals surface area contributed by atoms with Gasteiger partial charge in [-0.2, -0.15) is 0 Å². The second-order valence-electron chi connectivity index (χ2n) is 2.77. The Morgan fingerprint density at radius 3 is 2.93 bits per heavy atom. The Hall–Kier alpha value is -2.04. The Bertz CT molecular complexity index is 424. The van der Waals surface area contributed by atoms with E-state index in [1.165, 1.54) is 0 Å². The molecule has 0 unspecified atom stereocenters. The van der Waals surface area contributed by atoms with Gasteiger partial charge in [-0.25, -0.2) is 4.68 Å². The van der Waals surface area contributed by atoms with Crippen LogP contribution in [0.3, 0.4) is 0 Å². The fourth-order valence-electron chi connectivity index (χ4n) is 1.19. The molecule has 0 saturated heterocycles. The zero-order valence-corrected chi connectivity index (χ0v) is 7.71. The first kappa shape index (κ1) is 8.55. The van der Waals surface area contributed by atoms with Crippen LogP contribution in [0, 0.1) is 0 Å². The first-order valence-electron chi connectivity index (χ1n) is 4.11. The van der Waals surface area contributed by atoms with Crippen molar-refractivity contribution >= 4 is 5.69 Å². The van der Waals surface area contributed by atoms with Crippen LogP contribution in [0.1, 0.15) is 0 Å². The van der Waals surface area contributed by atoms with Crippen LogP contribution in [-0.4, -0.2) is 22.1 Å². The first-order chi connectivity index (χ1) is 6.81. The lowest BCUT2D eigenvalue weighted by molar-refractivity contribution is 0.414. The molecule has 0 radical (unpaired) electrons. The fraction of sp³-hybridized carbons (Fsp3) is 0.111. The summed E-state index contributed by atoms with van der Waals surface area (Å²) in [4.78, 5) is 0. The molecular formula is C9H10N4O. The van der Waals surface area contributed by atoms with Crippen molar-refractivity contribution in [1.29, 1.82) is 0 Å². The van der Waals surface area contributed by atoms with Gasteiger partial charge >= 0.3 is 0 Å². The third-order valence-electron chi connectivity index (χ3n) is 1.91. The summed E-state index contributed by atoms with van der Waals surface area (Å²) < 4.78 is 6.69. The van der Waals surface area contributed by atoms with E-state index in [9.17, 15) is 0 Å². The normalized spacial score (nSPS) is 10.1. The molecule has 0 amide bonds. The van der Waals surface area contributed by atoms with Crippen LogP contribution in [0.4, 0.5) is 5.69 Å². The molecule has 5 heteroatoms. The number of anilines is 1. The summed E-state index contributed by atoms with van der Waals surface area (Å²) in [6, 6.07) is 5.38. The number of nitrogen functional groups attached to an aromatic ring is 1. The van der Waals surface area contributed by atoms with E-state index in [1.807, 2.05) is 6.07 Å². The molecule has 0 aliphatic rings. The Morgan fingerprint density at radius 2 is 2.29 bits per heavy atom. The van der Waals surface area contributed by atoms with E-state index in [4.69, 9.17) is 10.5 Å². The second kappa shape index (κ2) is 3.37. The highest BCUT2D eigenvalue weighted by molar-refractivity contribution is 5.59. The van der Waals surface area contributed by atoms with Crippen LogP contribution >= 0.6 is 0 Å². The van der Waals surface area contributed by atoms with E-state index >= 15 is 0 Å². The highest BCUT2D eigenvalue weighted by Gasteiger charge is 2.03. The average molecular weight is 190 g/mol. The first-order valence-corrected chi connectivity index (χ1v) is 4.11. The van der Waals surface area contributed by atoms with Gasteiger partial charge in [-0.05, 0) is 12.1 Å². The molecule has 14 heavy (non-hydrogen) atoms. The molecule has 0 bridgehead atoms. The van der Waals surface area contributed by atoms with E-state index in [-0.39, 0.29) is 0 Å². The van der Waals surface area contributed by atoms with Gasteiger partial charge in [0.2, 0.25) is 0 Å². The number of nitrogens with zero attached hydrogens (tertiary/aromatic N) is 3. The lowest BCUT2D eigenvalue weighted by atomic mass is 10.2. The number of hydrogen-bond acceptors (Lipinski definition) is 4. The van der Waals surface area contributed by atoms with Crippen LogP contribution in [0.15, 0.2) is 30.6 Å². The van der Waals surface area contributed by atoms with Gasteiger partial charge in [0.1, 0.15) is 5.75 Å². The molecule has 1 aromatic carbocycles. The van der Waals surface area contributed by atoms with Crippen molar-refractivity contribution in [2.24, 2.45) is 0 Å². The third kappa shape index (κ3) is 1.39. The van der Waals surface area contributed by atoms with E-state index in [2.05, 4.69) is 10.3 Å². The summed E-state index contributed by atoms with van der Waals surface area (Å²) >= 11 is 0. The van der Waals surface area contributed by atoms with Crippen molar-refractivity contribution in [1.82, 2.24) is 15.0 Å². The molecule has 72 valence electrons. The topological polar surface area (TPSA) is 66.0 Å². The maximum atomic E-state index is 5.79.